The van der Waals surface area contributed by atoms with Crippen molar-refractivity contribution in [3.8, 4) is 6.07 Å². The number of carbonyl (C=O) groups excluding carboxylic acids is 1. The van der Waals surface area contributed by atoms with E-state index in [-0.39, 0.29) is 17.9 Å². The number of hydrogen-bond donors (Lipinski definition) is 2. The molecule has 0 bridgehead atoms. The lowest BCUT2D eigenvalue weighted by Gasteiger charge is -2.34. The Morgan fingerprint density at radius 3 is 2.46 bits per heavy atom. The quantitative estimate of drug-likeness (QED) is 0.692. The van der Waals surface area contributed by atoms with Crippen LogP contribution in [0.1, 0.15) is 40.5 Å². The zero-order valence-corrected chi connectivity index (χ0v) is 15.9. The van der Waals surface area contributed by atoms with Crippen LogP contribution >= 0.6 is 0 Å². The highest BCUT2D eigenvalue weighted by molar-refractivity contribution is 5.79. The van der Waals surface area contributed by atoms with Crippen LogP contribution in [0.4, 0.5) is 0 Å². The summed E-state index contributed by atoms with van der Waals surface area (Å²) in [6, 6.07) is 2.21. The lowest BCUT2D eigenvalue weighted by Crippen LogP contribution is -2.52. The molecule has 1 aliphatic heterocycles. The number of nitrogens with one attached hydrogen (secondary N) is 1. The standard InChI is InChI=1S/C18H34N4O2/c1-14(2)18(4,13-19)20-17(24)12-21(5)11-16-6-8-22(9-7-16)10-15(3)23/h14-16,23H,6-12H2,1-5H3,(H,20,24)/t15-,18-/m1/s1. The van der Waals surface area contributed by atoms with Crippen molar-refractivity contribution < 1.29 is 9.90 Å². The number of amides is 1. The summed E-state index contributed by atoms with van der Waals surface area (Å²) in [7, 11) is 1.96. The summed E-state index contributed by atoms with van der Waals surface area (Å²) in [5.41, 5.74) is -0.815. The van der Waals surface area contributed by atoms with Crippen LogP contribution < -0.4 is 5.32 Å². The number of hydrogen-bond acceptors (Lipinski definition) is 5. The Bertz CT molecular complexity index is 439. The van der Waals surface area contributed by atoms with Crippen molar-refractivity contribution in [1.82, 2.24) is 15.1 Å². The Balaban J connectivity index is 2.35. The molecule has 2 N–H and O–H groups in total. The summed E-state index contributed by atoms with van der Waals surface area (Å²) in [5.74, 6) is 0.553. The van der Waals surface area contributed by atoms with Crippen molar-refractivity contribution in [3.05, 3.63) is 0 Å². The van der Waals surface area contributed by atoms with E-state index in [9.17, 15) is 15.2 Å². The number of rotatable bonds is 8. The first-order valence-corrected chi connectivity index (χ1v) is 8.97. The molecular formula is C18H34N4O2. The number of piperidine rings is 1. The van der Waals surface area contributed by atoms with Gasteiger partial charge in [-0.05, 0) is 58.7 Å². The van der Waals surface area contributed by atoms with E-state index in [1.54, 1.807) is 6.92 Å². The monoisotopic (exact) mass is 338 g/mol. The number of aliphatic hydroxyl groups excluding tert-OH is 1. The number of nitrogens with zero attached hydrogens (tertiary/aromatic N) is 3. The largest absolute Gasteiger partial charge is 0.392 e. The van der Waals surface area contributed by atoms with Crippen LogP contribution in [-0.4, -0.2) is 72.2 Å². The molecule has 1 amide bonds. The van der Waals surface area contributed by atoms with Gasteiger partial charge in [0.05, 0.1) is 18.7 Å². The zero-order valence-electron chi connectivity index (χ0n) is 15.9. The van der Waals surface area contributed by atoms with Gasteiger partial charge in [0.1, 0.15) is 5.54 Å². The van der Waals surface area contributed by atoms with E-state index in [0.717, 1.165) is 39.0 Å². The van der Waals surface area contributed by atoms with E-state index in [2.05, 4.69) is 16.3 Å². The lowest BCUT2D eigenvalue weighted by molar-refractivity contribution is -0.123. The number of β-amino-alcohol motifs (C(OH)–C–C–N with tert-alkyl or cyclic N) is 1. The maximum absolute atomic E-state index is 12.2. The van der Waals surface area contributed by atoms with Gasteiger partial charge in [-0.1, -0.05) is 13.8 Å². The van der Waals surface area contributed by atoms with Gasteiger partial charge in [0.25, 0.3) is 0 Å². The summed E-state index contributed by atoms with van der Waals surface area (Å²) in [6.07, 6.45) is 1.92. The number of likely N-dealkylation sites (tertiary alicyclic amines) is 1. The fraction of sp³-hybridized carbons (Fsp3) is 0.889. The zero-order chi connectivity index (χ0) is 18.3. The molecule has 1 saturated heterocycles. The van der Waals surface area contributed by atoms with Gasteiger partial charge in [-0.3, -0.25) is 9.69 Å². The number of nitriles is 1. The number of likely N-dealkylation sites (N-methyl/N-ethyl adjacent to an activating group) is 1. The average Bonchev–Trinajstić information content (AvgIpc) is 2.48. The number of carbonyl (C=O) groups is 1. The molecule has 0 aromatic carbocycles. The summed E-state index contributed by atoms with van der Waals surface area (Å²) in [5, 5.41) is 21.6. The first-order valence-electron chi connectivity index (χ1n) is 8.97. The first-order chi connectivity index (χ1) is 11.2. The molecule has 0 aliphatic carbocycles. The molecule has 1 aliphatic rings. The Morgan fingerprint density at radius 2 is 2.00 bits per heavy atom. The molecule has 24 heavy (non-hydrogen) atoms. The highest BCUT2D eigenvalue weighted by Crippen LogP contribution is 2.18. The molecule has 0 radical (unpaired) electrons. The fourth-order valence-corrected chi connectivity index (χ4v) is 3.11. The van der Waals surface area contributed by atoms with Crippen LogP contribution in [0.3, 0.4) is 0 Å². The van der Waals surface area contributed by atoms with Crippen molar-refractivity contribution in [2.75, 3.05) is 39.8 Å². The fourth-order valence-electron chi connectivity index (χ4n) is 3.11. The van der Waals surface area contributed by atoms with Gasteiger partial charge in [0.15, 0.2) is 0 Å². The molecule has 138 valence electrons. The van der Waals surface area contributed by atoms with Gasteiger partial charge in [-0.15, -0.1) is 0 Å². The van der Waals surface area contributed by atoms with Crippen LogP contribution in [0.5, 0.6) is 0 Å². The first kappa shape index (κ1) is 20.9. The van der Waals surface area contributed by atoms with Crippen molar-refractivity contribution in [2.24, 2.45) is 11.8 Å². The Labute approximate surface area is 146 Å². The third-order valence-electron chi connectivity index (χ3n) is 5.00. The summed E-state index contributed by atoms with van der Waals surface area (Å²) >= 11 is 0. The highest BCUT2D eigenvalue weighted by atomic mass is 16.3. The SMILES string of the molecule is CC(C)[C@@](C)(C#N)NC(=O)CN(C)CC1CCN(C[C@@H](C)O)CC1. The van der Waals surface area contributed by atoms with Crippen LogP contribution in [0.15, 0.2) is 0 Å². The molecule has 0 spiro atoms. The van der Waals surface area contributed by atoms with Gasteiger partial charge >= 0.3 is 0 Å². The minimum atomic E-state index is -0.815. The Kier molecular flexibility index (Phi) is 8.14. The molecular weight excluding hydrogens is 304 g/mol. The van der Waals surface area contributed by atoms with Gasteiger partial charge in [-0.2, -0.15) is 5.26 Å². The summed E-state index contributed by atoms with van der Waals surface area (Å²) in [4.78, 5) is 16.6. The second-order valence-electron chi connectivity index (χ2n) is 7.81. The second-order valence-corrected chi connectivity index (χ2v) is 7.81. The average molecular weight is 338 g/mol. The second kappa shape index (κ2) is 9.36. The maximum Gasteiger partial charge on any atom is 0.235 e. The lowest BCUT2D eigenvalue weighted by atomic mass is 9.90. The summed E-state index contributed by atoms with van der Waals surface area (Å²) < 4.78 is 0. The van der Waals surface area contributed by atoms with E-state index < -0.39 is 5.54 Å². The van der Waals surface area contributed by atoms with E-state index in [1.807, 2.05) is 32.7 Å². The normalized spacial score (nSPS) is 20.6. The topological polar surface area (TPSA) is 79.6 Å². The number of aliphatic hydroxyl groups is 1. The summed E-state index contributed by atoms with van der Waals surface area (Å²) in [6.45, 7) is 11.4. The van der Waals surface area contributed by atoms with Gasteiger partial charge in [0.2, 0.25) is 5.91 Å². The Morgan fingerprint density at radius 1 is 1.42 bits per heavy atom. The van der Waals surface area contributed by atoms with Crippen molar-refractivity contribution >= 4 is 5.91 Å². The van der Waals surface area contributed by atoms with Gasteiger partial charge < -0.3 is 15.3 Å². The molecule has 1 fully saturated rings. The third-order valence-corrected chi connectivity index (χ3v) is 5.00. The highest BCUT2D eigenvalue weighted by Gasteiger charge is 2.30. The predicted octanol–water partition coefficient (Wildman–Crippen LogP) is 1.07. The van der Waals surface area contributed by atoms with Crippen molar-refractivity contribution in [1.29, 1.82) is 5.26 Å². The third kappa shape index (κ3) is 6.76. The minimum absolute atomic E-state index is 0.0648. The molecule has 1 heterocycles. The predicted molar refractivity (Wildman–Crippen MR) is 95.3 cm³/mol. The smallest absolute Gasteiger partial charge is 0.235 e. The van der Waals surface area contributed by atoms with E-state index in [0.29, 0.717) is 12.5 Å². The molecule has 6 nitrogen and oxygen atoms in total. The Hall–Kier alpha value is -1.16. The molecule has 2 atom stereocenters. The van der Waals surface area contributed by atoms with E-state index in [1.165, 1.54) is 0 Å². The van der Waals surface area contributed by atoms with Crippen LogP contribution in [0, 0.1) is 23.2 Å². The molecule has 0 unspecified atom stereocenters. The van der Waals surface area contributed by atoms with E-state index in [4.69, 9.17) is 0 Å². The van der Waals surface area contributed by atoms with Crippen molar-refractivity contribution in [2.45, 2.75) is 52.2 Å². The molecule has 0 aromatic rings. The van der Waals surface area contributed by atoms with E-state index >= 15 is 0 Å². The van der Waals surface area contributed by atoms with Crippen LogP contribution in [0.2, 0.25) is 0 Å². The van der Waals surface area contributed by atoms with Crippen molar-refractivity contribution in [3.63, 3.8) is 0 Å². The van der Waals surface area contributed by atoms with Gasteiger partial charge in [0, 0.05) is 13.1 Å². The maximum atomic E-state index is 12.2. The van der Waals surface area contributed by atoms with Gasteiger partial charge in [-0.25, -0.2) is 0 Å². The van der Waals surface area contributed by atoms with Crippen LogP contribution in [-0.2, 0) is 4.79 Å². The molecule has 0 aromatic heterocycles. The molecule has 1 rings (SSSR count). The van der Waals surface area contributed by atoms with Crippen LogP contribution in [0.25, 0.3) is 0 Å². The minimum Gasteiger partial charge on any atom is -0.392 e. The molecule has 0 saturated carbocycles. The molecule has 6 heteroatoms.